The average Bonchev–Trinajstić information content (AvgIpc) is 2.42. The minimum absolute atomic E-state index is 0.413. The molecule has 58 valence electrons. The third kappa shape index (κ3) is 1.51. The lowest BCUT2D eigenvalue weighted by Crippen LogP contribution is -2.40. The molecular formula is C4H5O5P-2. The monoisotopic (exact) mass is 164 g/mol. The number of hydrogen-bond acceptors (Lipinski definition) is 5. The molecule has 0 saturated carbocycles. The topological polar surface area (TPSA) is 98.8 Å². The van der Waals surface area contributed by atoms with Crippen LogP contribution in [0.2, 0.25) is 0 Å². The van der Waals surface area contributed by atoms with Crippen LogP contribution in [0.1, 0.15) is 6.92 Å². The summed E-state index contributed by atoms with van der Waals surface area (Å²) in [4.78, 5) is 40.4. The molecule has 2 atom stereocenters. The van der Waals surface area contributed by atoms with Crippen molar-refractivity contribution < 1.29 is 24.2 Å². The molecule has 1 saturated heterocycles. The Hall–Kier alpha value is -0.0600. The van der Waals surface area contributed by atoms with Crippen molar-refractivity contribution in [2.75, 3.05) is 0 Å². The number of carbonyl (C=O) groups excluding carboxylic acids is 1. The molecule has 1 heterocycles. The van der Waals surface area contributed by atoms with Crippen molar-refractivity contribution in [3.8, 4) is 0 Å². The predicted molar refractivity (Wildman–Crippen MR) is 26.3 cm³/mol. The molecule has 6 heteroatoms. The molecule has 10 heavy (non-hydrogen) atoms. The molecule has 0 aromatic rings. The molecule has 0 unspecified atom stereocenters. The van der Waals surface area contributed by atoms with Crippen molar-refractivity contribution >= 4 is 13.5 Å². The Morgan fingerprint density at radius 1 is 1.50 bits per heavy atom. The van der Waals surface area contributed by atoms with Crippen LogP contribution in [0, 0.1) is 0 Å². The van der Waals surface area contributed by atoms with Gasteiger partial charge in [0.2, 0.25) is 0 Å². The van der Waals surface area contributed by atoms with E-state index in [1.54, 1.807) is 0 Å². The van der Waals surface area contributed by atoms with E-state index in [0.717, 1.165) is 0 Å². The standard InChI is InChI=1S/C4H7O5P/c1-2-3(9-2)4(5)10(6,7)8/h2-3H,1H3,(H2,6,7,8)/p-2/t2-,3-/m1/s1. The van der Waals surface area contributed by atoms with Gasteiger partial charge in [-0.25, -0.2) is 0 Å². The molecule has 1 aliphatic rings. The molecule has 0 aromatic carbocycles. The van der Waals surface area contributed by atoms with Crippen LogP contribution in [0.4, 0.5) is 0 Å². The summed E-state index contributed by atoms with van der Waals surface area (Å²) >= 11 is 0. The lowest BCUT2D eigenvalue weighted by molar-refractivity contribution is -0.422. The normalized spacial score (nSPS) is 32.0. The van der Waals surface area contributed by atoms with Gasteiger partial charge in [-0.05, 0) is 6.92 Å². The second kappa shape index (κ2) is 2.22. The van der Waals surface area contributed by atoms with E-state index in [0.29, 0.717) is 0 Å². The Morgan fingerprint density at radius 2 is 1.90 bits per heavy atom. The Labute approximate surface area is 57.8 Å². The second-order valence-electron chi connectivity index (χ2n) is 2.10. The first-order valence-electron chi connectivity index (χ1n) is 2.65. The van der Waals surface area contributed by atoms with Crippen molar-refractivity contribution in [3.63, 3.8) is 0 Å². The van der Waals surface area contributed by atoms with E-state index in [4.69, 9.17) is 0 Å². The van der Waals surface area contributed by atoms with Gasteiger partial charge >= 0.3 is 0 Å². The lowest BCUT2D eigenvalue weighted by Gasteiger charge is -2.38. The van der Waals surface area contributed by atoms with E-state index in [-0.39, 0.29) is 0 Å². The van der Waals surface area contributed by atoms with Gasteiger partial charge in [0.05, 0.1) is 6.10 Å². The summed E-state index contributed by atoms with van der Waals surface area (Å²) in [6.45, 7) is 1.53. The summed E-state index contributed by atoms with van der Waals surface area (Å²) in [5.41, 5.74) is -1.33. The summed E-state index contributed by atoms with van der Waals surface area (Å²) in [5.74, 6) is 0. The largest absolute Gasteiger partial charge is 0.681 e. The maximum atomic E-state index is 10.4. The van der Waals surface area contributed by atoms with Crippen molar-refractivity contribution in [2.24, 2.45) is 0 Å². The van der Waals surface area contributed by atoms with Crippen LogP contribution in [-0.2, 0) is 9.53 Å². The van der Waals surface area contributed by atoms with E-state index < -0.39 is 25.7 Å². The van der Waals surface area contributed by atoms with E-state index in [1.807, 2.05) is 0 Å². The molecule has 0 bridgehead atoms. The highest BCUT2D eigenvalue weighted by molar-refractivity contribution is 7.72. The van der Waals surface area contributed by atoms with Gasteiger partial charge in [0, 0.05) is 0 Å². The first kappa shape index (κ1) is 8.04. The third-order valence-corrected chi connectivity index (χ3v) is 2.02. The summed E-state index contributed by atoms with van der Waals surface area (Å²) in [6.07, 6.45) is -1.41. The smallest absolute Gasteiger partial charge is 0.281 e. The first-order chi connectivity index (χ1) is 4.43. The van der Waals surface area contributed by atoms with Gasteiger partial charge in [0.1, 0.15) is 0 Å². The molecule has 0 N–H and O–H groups in total. The number of ether oxygens (including phenoxy) is 1. The molecule has 0 radical (unpaired) electrons. The Bertz CT molecular complexity index is 162. The molecule has 1 fully saturated rings. The Morgan fingerprint density at radius 3 is 2.00 bits per heavy atom. The lowest BCUT2D eigenvalue weighted by atomic mass is 10.4. The minimum atomic E-state index is -5.05. The summed E-state index contributed by atoms with van der Waals surface area (Å²) in [5, 5.41) is 0. The SMILES string of the molecule is C[C@H]1O[C@H]1C(=O)[P+]([O-])([O-])[O-]. The first-order valence-corrected chi connectivity index (χ1v) is 4.19. The molecule has 1 aliphatic heterocycles. The van der Waals surface area contributed by atoms with Crippen LogP contribution in [-0.4, -0.2) is 17.7 Å². The fourth-order valence-electron chi connectivity index (χ4n) is 0.601. The maximum Gasteiger partial charge on any atom is 0.281 e. The number of carbonyl (C=O) groups is 1. The van der Waals surface area contributed by atoms with Gasteiger partial charge in [-0.2, -0.15) is 0 Å². The third-order valence-electron chi connectivity index (χ3n) is 1.22. The highest BCUT2D eigenvalue weighted by Gasteiger charge is 2.45. The minimum Gasteiger partial charge on any atom is -0.681 e. The highest BCUT2D eigenvalue weighted by atomic mass is 31.2. The zero-order valence-electron chi connectivity index (χ0n) is 5.14. The molecule has 0 amide bonds. The van der Waals surface area contributed by atoms with Crippen molar-refractivity contribution in [3.05, 3.63) is 0 Å². The number of hydrogen-bond donors (Lipinski definition) is 0. The molecule has 1 rings (SSSR count). The average molecular weight is 164 g/mol. The van der Waals surface area contributed by atoms with Crippen LogP contribution in [0.3, 0.4) is 0 Å². The van der Waals surface area contributed by atoms with Crippen LogP contribution in [0.15, 0.2) is 0 Å². The molecule has 0 spiro atoms. The summed E-state index contributed by atoms with van der Waals surface area (Å²) in [6, 6.07) is 0. The van der Waals surface area contributed by atoms with Gasteiger partial charge in [0.25, 0.3) is 5.52 Å². The van der Waals surface area contributed by atoms with Crippen molar-refractivity contribution in [2.45, 2.75) is 19.1 Å². The summed E-state index contributed by atoms with van der Waals surface area (Å²) in [7, 11) is -5.05. The fraction of sp³-hybridized carbons (Fsp3) is 0.750. The van der Waals surface area contributed by atoms with Crippen LogP contribution in [0.5, 0.6) is 0 Å². The zero-order valence-corrected chi connectivity index (χ0v) is 6.04. The van der Waals surface area contributed by atoms with Gasteiger partial charge in [-0.1, -0.05) is 7.94 Å². The maximum absolute atomic E-state index is 10.4. The van der Waals surface area contributed by atoms with E-state index in [9.17, 15) is 19.5 Å². The molecule has 5 nitrogen and oxygen atoms in total. The van der Waals surface area contributed by atoms with Crippen LogP contribution in [0.25, 0.3) is 0 Å². The van der Waals surface area contributed by atoms with Gasteiger partial charge in [-0.15, -0.1) is 0 Å². The highest BCUT2D eigenvalue weighted by Crippen LogP contribution is 2.38. The quantitative estimate of drug-likeness (QED) is 0.323. The second-order valence-corrected chi connectivity index (χ2v) is 3.53. The Balaban J connectivity index is 2.51. The van der Waals surface area contributed by atoms with Gasteiger partial charge in [0.15, 0.2) is 6.10 Å². The Kier molecular flexibility index (Phi) is 1.78. The molecule has 0 aromatic heterocycles. The van der Waals surface area contributed by atoms with Crippen molar-refractivity contribution in [1.82, 2.24) is 0 Å². The van der Waals surface area contributed by atoms with Crippen LogP contribution >= 0.6 is 7.94 Å². The number of rotatable bonds is 2. The van der Waals surface area contributed by atoms with E-state index >= 15 is 0 Å². The van der Waals surface area contributed by atoms with Gasteiger partial charge in [-0.3, -0.25) is 4.79 Å². The van der Waals surface area contributed by atoms with Gasteiger partial charge < -0.3 is 19.4 Å². The molecule has 0 aliphatic carbocycles. The molecular weight excluding hydrogens is 159 g/mol. The van der Waals surface area contributed by atoms with Crippen LogP contribution < -0.4 is 14.7 Å². The summed E-state index contributed by atoms with van der Waals surface area (Å²) < 4.78 is 4.48. The van der Waals surface area contributed by atoms with E-state index in [2.05, 4.69) is 4.74 Å². The number of epoxide rings is 1. The zero-order chi connectivity index (χ0) is 7.94. The van der Waals surface area contributed by atoms with E-state index in [1.165, 1.54) is 6.92 Å². The fourth-order valence-corrected chi connectivity index (χ4v) is 1.18. The predicted octanol–water partition coefficient (Wildman–Crippen LogP) is -2.86. The van der Waals surface area contributed by atoms with Crippen molar-refractivity contribution in [1.29, 1.82) is 0 Å².